The smallest absolute Gasteiger partial charge is 0.386 e. The van der Waals surface area contributed by atoms with Crippen molar-refractivity contribution in [1.82, 2.24) is 4.98 Å². The summed E-state index contributed by atoms with van der Waals surface area (Å²) >= 11 is 1.32. The fourth-order valence-electron chi connectivity index (χ4n) is 1.09. The summed E-state index contributed by atoms with van der Waals surface area (Å²) in [5.41, 5.74) is -0.673. The van der Waals surface area contributed by atoms with Crippen LogP contribution in [0, 0.1) is 25.0 Å². The molecule has 10 heteroatoms. The number of aromatic nitrogens is 1. The molecule has 0 fully saturated rings. The Morgan fingerprint density at radius 1 is 1.61 bits per heavy atom. The molecule has 0 amide bonds. The normalized spacial score (nSPS) is 10.8. The Morgan fingerprint density at radius 3 is 2.67 bits per heavy atom. The van der Waals surface area contributed by atoms with Crippen molar-refractivity contribution < 1.29 is 22.8 Å². The Hall–Kier alpha value is -1.64. The van der Waals surface area contributed by atoms with Gasteiger partial charge >= 0.3 is 6.36 Å². The van der Waals surface area contributed by atoms with E-state index in [1.165, 1.54) is 22.6 Å². The molecule has 0 aromatic carbocycles. The second kappa shape index (κ2) is 5.34. The third-order valence-corrected chi connectivity index (χ3v) is 2.67. The third kappa shape index (κ3) is 3.42. The van der Waals surface area contributed by atoms with E-state index >= 15 is 0 Å². The van der Waals surface area contributed by atoms with Crippen LogP contribution in [0.2, 0.25) is 0 Å². The van der Waals surface area contributed by atoms with Crippen LogP contribution in [-0.4, -0.2) is 16.3 Å². The summed E-state index contributed by atoms with van der Waals surface area (Å²) in [6, 6.07) is 1.66. The van der Waals surface area contributed by atoms with Gasteiger partial charge in [-0.1, -0.05) is 0 Å². The first kappa shape index (κ1) is 14.4. The largest absolute Gasteiger partial charge is 0.574 e. The first-order chi connectivity index (χ1) is 8.26. The van der Waals surface area contributed by atoms with E-state index in [1.54, 1.807) is 6.07 Å². The Balaban J connectivity index is 3.31. The first-order valence-corrected chi connectivity index (χ1v) is 5.28. The molecule has 96 valence electrons. The minimum Gasteiger partial charge on any atom is -0.386 e. The van der Waals surface area contributed by atoms with E-state index in [9.17, 15) is 23.3 Å². The molecule has 0 radical (unpaired) electrons. The van der Waals surface area contributed by atoms with Crippen molar-refractivity contribution in [3.63, 3.8) is 0 Å². The van der Waals surface area contributed by atoms with Gasteiger partial charge in [-0.15, -0.1) is 13.2 Å². The van der Waals surface area contributed by atoms with Gasteiger partial charge in [-0.2, -0.15) is 5.26 Å². The molecule has 0 bridgehead atoms. The molecule has 1 aromatic heterocycles. The zero-order valence-corrected chi connectivity index (χ0v) is 10.5. The van der Waals surface area contributed by atoms with Crippen molar-refractivity contribution >= 4 is 28.3 Å². The topological polar surface area (TPSA) is 89.0 Å². The number of nitrogens with zero attached hydrogens (tertiary/aromatic N) is 3. The number of ether oxygens (including phenoxy) is 1. The lowest BCUT2D eigenvalue weighted by molar-refractivity contribution is -0.386. The van der Waals surface area contributed by atoms with Crippen molar-refractivity contribution in [1.29, 1.82) is 5.26 Å². The molecule has 18 heavy (non-hydrogen) atoms. The molecule has 0 spiro atoms. The summed E-state index contributed by atoms with van der Waals surface area (Å²) in [7, 11) is 0. The van der Waals surface area contributed by atoms with Crippen LogP contribution in [0.25, 0.3) is 0 Å². The number of hydrogen-bond donors (Lipinski definition) is 0. The number of halogens is 4. The second-order valence-electron chi connectivity index (χ2n) is 2.89. The minimum absolute atomic E-state index is 0.0681. The quantitative estimate of drug-likeness (QED) is 0.462. The molecular formula is C8H3F3IN3O3. The van der Waals surface area contributed by atoms with Crippen molar-refractivity contribution in [2.45, 2.75) is 12.8 Å². The Morgan fingerprint density at radius 2 is 2.22 bits per heavy atom. The van der Waals surface area contributed by atoms with Crippen molar-refractivity contribution in [2.75, 3.05) is 0 Å². The Labute approximate surface area is 112 Å². The Kier molecular flexibility index (Phi) is 4.28. The molecule has 1 rings (SSSR count). The van der Waals surface area contributed by atoms with Crippen LogP contribution in [0.15, 0.2) is 6.20 Å². The van der Waals surface area contributed by atoms with Gasteiger partial charge in [0.25, 0.3) is 5.69 Å². The summed E-state index contributed by atoms with van der Waals surface area (Å²) in [4.78, 5) is 13.2. The van der Waals surface area contributed by atoms with Gasteiger partial charge < -0.3 is 4.74 Å². The summed E-state index contributed by atoms with van der Waals surface area (Å²) in [5.74, 6) is -0.906. The predicted molar refractivity (Wildman–Crippen MR) is 59.6 cm³/mol. The lowest BCUT2D eigenvalue weighted by Gasteiger charge is -2.10. The second-order valence-corrected chi connectivity index (χ2v) is 3.97. The van der Waals surface area contributed by atoms with E-state index in [-0.39, 0.29) is 12.0 Å². The molecule has 0 aliphatic carbocycles. The fourth-order valence-corrected chi connectivity index (χ4v) is 1.88. The molecule has 0 saturated carbocycles. The van der Waals surface area contributed by atoms with Gasteiger partial charge in [0.2, 0.25) is 5.88 Å². The van der Waals surface area contributed by atoms with Crippen LogP contribution in [0.4, 0.5) is 18.9 Å². The number of hydrogen-bond acceptors (Lipinski definition) is 5. The number of rotatable bonds is 3. The van der Waals surface area contributed by atoms with E-state index in [0.717, 1.165) is 6.20 Å². The van der Waals surface area contributed by atoms with Crippen LogP contribution in [-0.2, 0) is 6.42 Å². The predicted octanol–water partition coefficient (Wildman–Crippen LogP) is 2.56. The van der Waals surface area contributed by atoms with Gasteiger partial charge in [0, 0.05) is 6.20 Å². The Bertz CT molecular complexity index is 527. The maximum atomic E-state index is 12.0. The van der Waals surface area contributed by atoms with Gasteiger partial charge in [0.15, 0.2) is 3.57 Å². The van der Waals surface area contributed by atoms with Crippen molar-refractivity contribution in [3.8, 4) is 11.9 Å². The standard InChI is InChI=1S/C8H3F3IN3O3/c9-8(10,11)18-7-5(12)6(15(16)17)4(1-2-13)3-14-7/h3H,1H2. The highest BCUT2D eigenvalue weighted by atomic mass is 127. The maximum absolute atomic E-state index is 12.0. The molecule has 0 unspecified atom stereocenters. The van der Waals surface area contributed by atoms with Crippen molar-refractivity contribution in [2.24, 2.45) is 0 Å². The third-order valence-electron chi connectivity index (χ3n) is 1.70. The molecule has 0 atom stereocenters. The summed E-state index contributed by atoms with van der Waals surface area (Å²) in [6.45, 7) is 0. The minimum atomic E-state index is -4.99. The van der Waals surface area contributed by atoms with Gasteiger partial charge in [0.05, 0.1) is 23.0 Å². The lowest BCUT2D eigenvalue weighted by atomic mass is 10.2. The average Bonchev–Trinajstić information content (AvgIpc) is 2.20. The van der Waals surface area contributed by atoms with Crippen LogP contribution in [0.3, 0.4) is 0 Å². The van der Waals surface area contributed by atoms with E-state index in [2.05, 4.69) is 9.72 Å². The van der Waals surface area contributed by atoms with E-state index in [0.29, 0.717) is 0 Å². The zero-order chi connectivity index (χ0) is 13.9. The zero-order valence-electron chi connectivity index (χ0n) is 8.36. The highest BCUT2D eigenvalue weighted by Gasteiger charge is 2.35. The number of nitriles is 1. The molecule has 0 N–H and O–H groups in total. The summed E-state index contributed by atoms with van der Waals surface area (Å²) in [6.07, 6.45) is -4.49. The van der Waals surface area contributed by atoms with Crippen LogP contribution in [0.5, 0.6) is 5.88 Å². The molecule has 0 aliphatic rings. The van der Waals surface area contributed by atoms with Crippen LogP contribution < -0.4 is 4.74 Å². The molecule has 6 nitrogen and oxygen atoms in total. The summed E-state index contributed by atoms with van der Waals surface area (Å²) in [5, 5.41) is 19.2. The number of nitro groups is 1. The molecular weight excluding hydrogens is 370 g/mol. The lowest BCUT2D eigenvalue weighted by Crippen LogP contribution is -2.19. The molecule has 0 aliphatic heterocycles. The molecule has 0 saturated heterocycles. The van der Waals surface area contributed by atoms with Crippen molar-refractivity contribution in [3.05, 3.63) is 25.4 Å². The SMILES string of the molecule is N#CCc1cnc(OC(F)(F)F)c(I)c1[N+](=O)[O-]. The van der Waals surface area contributed by atoms with Crippen LogP contribution in [0.1, 0.15) is 5.56 Å². The number of pyridine rings is 1. The van der Waals surface area contributed by atoms with Gasteiger partial charge in [-0.3, -0.25) is 10.1 Å². The van der Waals surface area contributed by atoms with E-state index in [4.69, 9.17) is 5.26 Å². The number of alkyl halides is 3. The fraction of sp³-hybridized carbons (Fsp3) is 0.250. The maximum Gasteiger partial charge on any atom is 0.574 e. The molecule has 1 heterocycles. The van der Waals surface area contributed by atoms with E-state index < -0.39 is 26.4 Å². The van der Waals surface area contributed by atoms with Gasteiger partial charge in [-0.05, 0) is 22.6 Å². The monoisotopic (exact) mass is 373 g/mol. The summed E-state index contributed by atoms with van der Waals surface area (Å²) < 4.78 is 39.2. The van der Waals surface area contributed by atoms with Gasteiger partial charge in [-0.25, -0.2) is 4.98 Å². The highest BCUT2D eigenvalue weighted by Crippen LogP contribution is 2.34. The van der Waals surface area contributed by atoms with E-state index in [1.807, 2.05) is 0 Å². The highest BCUT2D eigenvalue weighted by molar-refractivity contribution is 14.1. The van der Waals surface area contributed by atoms with Gasteiger partial charge in [0.1, 0.15) is 0 Å². The first-order valence-electron chi connectivity index (χ1n) is 4.20. The average molecular weight is 373 g/mol. The van der Waals surface area contributed by atoms with Crippen LogP contribution >= 0.6 is 22.6 Å². The molecule has 1 aromatic rings.